The highest BCUT2D eigenvalue weighted by molar-refractivity contribution is 5.75. The van der Waals surface area contributed by atoms with Gasteiger partial charge in [0.2, 0.25) is 0 Å². The van der Waals surface area contributed by atoms with Crippen LogP contribution >= 0.6 is 0 Å². The quantitative estimate of drug-likeness (QED) is 0.623. The highest BCUT2D eigenvalue weighted by Crippen LogP contribution is 2.01. The summed E-state index contributed by atoms with van der Waals surface area (Å²) >= 11 is 0. The summed E-state index contributed by atoms with van der Waals surface area (Å²) in [5.41, 5.74) is 0. The molecule has 0 spiro atoms. The number of carbonyl (C=O) groups is 1. The number of methoxy groups -OCH3 is 1. The number of hydrogen-bond acceptors (Lipinski definition) is 4. The Balaban J connectivity index is 4.07. The van der Waals surface area contributed by atoms with Crippen LogP contribution in [0.5, 0.6) is 0 Å². The van der Waals surface area contributed by atoms with Crippen molar-refractivity contribution in [3.05, 3.63) is 0 Å². The van der Waals surface area contributed by atoms with Crippen LogP contribution in [0.3, 0.4) is 0 Å². The van der Waals surface area contributed by atoms with Gasteiger partial charge in [-0.15, -0.1) is 0 Å². The number of nitrogens with one attached hydrogen (secondary N) is 1. The molecule has 0 heterocycles. The molecule has 90 valence electrons. The van der Waals surface area contributed by atoms with E-state index in [0.717, 1.165) is 12.8 Å². The first-order valence-corrected chi connectivity index (χ1v) is 5.57. The number of rotatable bonds is 8. The average molecular weight is 217 g/mol. The lowest BCUT2D eigenvalue weighted by molar-refractivity contribution is -0.146. The van der Waals surface area contributed by atoms with Crippen molar-refractivity contribution in [1.82, 2.24) is 5.32 Å². The van der Waals surface area contributed by atoms with Gasteiger partial charge in [0.05, 0.1) is 13.2 Å². The summed E-state index contributed by atoms with van der Waals surface area (Å²) in [6, 6.07) is -0.0453. The van der Waals surface area contributed by atoms with Crippen molar-refractivity contribution in [2.75, 3.05) is 20.3 Å². The molecule has 15 heavy (non-hydrogen) atoms. The van der Waals surface area contributed by atoms with Crippen LogP contribution in [0.15, 0.2) is 0 Å². The topological polar surface area (TPSA) is 47.6 Å². The first kappa shape index (κ1) is 14.4. The Kier molecular flexibility index (Phi) is 8.33. The van der Waals surface area contributed by atoms with Crippen molar-refractivity contribution in [1.29, 1.82) is 0 Å². The minimum atomic E-state index is -0.208. The predicted molar refractivity (Wildman–Crippen MR) is 59.8 cm³/mol. The van der Waals surface area contributed by atoms with Gasteiger partial charge in [-0.3, -0.25) is 10.1 Å². The Hall–Kier alpha value is -0.610. The zero-order valence-corrected chi connectivity index (χ0v) is 10.2. The number of hydrogen-bond donors (Lipinski definition) is 1. The molecule has 0 saturated heterocycles. The third-order valence-electron chi connectivity index (χ3n) is 2.05. The number of ether oxygens (including phenoxy) is 2. The van der Waals surface area contributed by atoms with E-state index in [4.69, 9.17) is 9.47 Å². The van der Waals surface area contributed by atoms with Crippen LogP contribution in [0.25, 0.3) is 0 Å². The van der Waals surface area contributed by atoms with Gasteiger partial charge in [-0.1, -0.05) is 13.3 Å². The molecular formula is C11H23NO3. The van der Waals surface area contributed by atoms with E-state index in [2.05, 4.69) is 12.2 Å². The first-order chi connectivity index (χ1) is 7.15. The van der Waals surface area contributed by atoms with Gasteiger partial charge in [-0.05, 0) is 20.3 Å². The van der Waals surface area contributed by atoms with Crippen LogP contribution in [0, 0.1) is 0 Å². The molecule has 0 radical (unpaired) electrons. The zero-order valence-electron chi connectivity index (χ0n) is 10.2. The lowest BCUT2D eigenvalue weighted by Gasteiger charge is -2.20. The van der Waals surface area contributed by atoms with Gasteiger partial charge in [0.25, 0.3) is 0 Å². The Morgan fingerprint density at radius 3 is 2.53 bits per heavy atom. The van der Waals surface area contributed by atoms with Crippen molar-refractivity contribution in [2.45, 2.75) is 45.7 Å². The van der Waals surface area contributed by atoms with Crippen molar-refractivity contribution < 1.29 is 14.3 Å². The maximum absolute atomic E-state index is 11.5. The van der Waals surface area contributed by atoms with Crippen molar-refractivity contribution >= 4 is 5.97 Å². The van der Waals surface area contributed by atoms with Crippen LogP contribution < -0.4 is 5.32 Å². The maximum atomic E-state index is 11.5. The van der Waals surface area contributed by atoms with Gasteiger partial charge < -0.3 is 9.47 Å². The Labute approximate surface area is 92.3 Å². The second-order valence-corrected chi connectivity index (χ2v) is 3.62. The molecule has 0 fully saturated rings. The number of esters is 1. The lowest BCUT2D eigenvalue weighted by atomic mass is 10.1. The summed E-state index contributed by atoms with van der Waals surface area (Å²) in [7, 11) is 1.65. The molecule has 0 aliphatic carbocycles. The van der Waals surface area contributed by atoms with Crippen molar-refractivity contribution in [2.24, 2.45) is 0 Å². The Morgan fingerprint density at radius 1 is 1.40 bits per heavy atom. The van der Waals surface area contributed by atoms with Gasteiger partial charge in [-0.25, -0.2) is 0 Å². The molecule has 0 aromatic carbocycles. The maximum Gasteiger partial charge on any atom is 0.323 e. The predicted octanol–water partition coefficient (Wildman–Crippen LogP) is 1.34. The van der Waals surface area contributed by atoms with Crippen LogP contribution in [0.1, 0.15) is 33.6 Å². The van der Waals surface area contributed by atoms with Gasteiger partial charge >= 0.3 is 5.97 Å². The van der Waals surface area contributed by atoms with E-state index in [-0.39, 0.29) is 18.1 Å². The van der Waals surface area contributed by atoms with Gasteiger partial charge in [0.1, 0.15) is 6.04 Å². The fourth-order valence-electron chi connectivity index (χ4n) is 1.44. The molecule has 4 nitrogen and oxygen atoms in total. The molecule has 0 aromatic heterocycles. The van der Waals surface area contributed by atoms with E-state index < -0.39 is 0 Å². The second kappa shape index (κ2) is 8.68. The lowest BCUT2D eigenvalue weighted by Crippen LogP contribution is -2.44. The first-order valence-electron chi connectivity index (χ1n) is 5.57. The smallest absolute Gasteiger partial charge is 0.323 e. The van der Waals surface area contributed by atoms with Crippen molar-refractivity contribution in [3.63, 3.8) is 0 Å². The molecule has 2 atom stereocenters. The molecule has 0 saturated carbocycles. The second-order valence-electron chi connectivity index (χ2n) is 3.62. The molecule has 0 amide bonds. The fourth-order valence-corrected chi connectivity index (χ4v) is 1.44. The molecule has 0 aliphatic rings. The number of carbonyl (C=O) groups excluding carboxylic acids is 1. The summed E-state index contributed by atoms with van der Waals surface area (Å²) in [5, 5.41) is 3.20. The normalized spacial score (nSPS) is 14.7. The van der Waals surface area contributed by atoms with E-state index in [1.165, 1.54) is 0 Å². The summed E-state index contributed by atoms with van der Waals surface area (Å²) in [6.07, 6.45) is 1.75. The van der Waals surface area contributed by atoms with Crippen LogP contribution in [-0.4, -0.2) is 38.4 Å². The Bertz CT molecular complexity index is 173. The van der Waals surface area contributed by atoms with Crippen LogP contribution in [0.2, 0.25) is 0 Å². The molecule has 2 unspecified atom stereocenters. The molecule has 0 bridgehead atoms. The fraction of sp³-hybridized carbons (Fsp3) is 0.909. The van der Waals surface area contributed by atoms with E-state index in [0.29, 0.717) is 13.2 Å². The summed E-state index contributed by atoms with van der Waals surface area (Å²) in [6.45, 7) is 6.89. The molecule has 0 aromatic rings. The molecular weight excluding hydrogens is 194 g/mol. The minimum absolute atomic E-state index is 0.163. The Morgan fingerprint density at radius 2 is 2.07 bits per heavy atom. The van der Waals surface area contributed by atoms with Crippen LogP contribution in [0.4, 0.5) is 0 Å². The van der Waals surface area contributed by atoms with Gasteiger partial charge in [0, 0.05) is 13.2 Å². The van der Waals surface area contributed by atoms with Gasteiger partial charge in [-0.2, -0.15) is 0 Å². The van der Waals surface area contributed by atoms with Gasteiger partial charge in [0.15, 0.2) is 0 Å². The molecule has 4 heteroatoms. The molecule has 1 N–H and O–H groups in total. The zero-order chi connectivity index (χ0) is 11.7. The largest absolute Gasteiger partial charge is 0.465 e. The average Bonchev–Trinajstić information content (AvgIpc) is 2.18. The molecule has 0 rings (SSSR count). The summed E-state index contributed by atoms with van der Waals surface area (Å²) < 4.78 is 10.0. The van der Waals surface area contributed by atoms with E-state index in [9.17, 15) is 4.79 Å². The summed E-state index contributed by atoms with van der Waals surface area (Å²) in [5.74, 6) is -0.165. The summed E-state index contributed by atoms with van der Waals surface area (Å²) in [4.78, 5) is 11.5. The van der Waals surface area contributed by atoms with Crippen LogP contribution in [-0.2, 0) is 14.3 Å². The van der Waals surface area contributed by atoms with E-state index in [1.54, 1.807) is 7.11 Å². The highest BCUT2D eigenvalue weighted by Gasteiger charge is 2.20. The third-order valence-corrected chi connectivity index (χ3v) is 2.05. The third kappa shape index (κ3) is 6.47. The highest BCUT2D eigenvalue weighted by atomic mass is 16.5. The van der Waals surface area contributed by atoms with E-state index >= 15 is 0 Å². The minimum Gasteiger partial charge on any atom is -0.465 e. The van der Waals surface area contributed by atoms with Crippen molar-refractivity contribution in [3.8, 4) is 0 Å². The van der Waals surface area contributed by atoms with E-state index in [1.807, 2.05) is 13.8 Å². The molecule has 0 aliphatic heterocycles. The monoisotopic (exact) mass is 217 g/mol. The SMILES string of the molecule is CCCC(NC(C)COC)C(=O)OCC. The standard InChI is InChI=1S/C11H23NO3/c1-5-7-10(11(13)15-6-2)12-9(3)8-14-4/h9-10,12H,5-8H2,1-4H3.